The van der Waals surface area contributed by atoms with Crippen LogP contribution in [0.15, 0.2) is 33.7 Å². The zero-order chi connectivity index (χ0) is 18.7. The molecular weight excluding hydrogens is 354 g/mol. The standard InChI is InChI=1S/C18H23N3O4S/c1-13-6-7-15(18(22)20-12-17-19-11-14(2)25-17)10-16(13)26(23,24)21-8-4-3-5-9-21/h6-7,10-11H,3-5,8-9,12H2,1-2H3,(H,20,22). The molecule has 2 heterocycles. The molecular formula is C18H23N3O4S. The largest absolute Gasteiger partial charge is 0.444 e. The molecule has 0 saturated carbocycles. The van der Waals surface area contributed by atoms with Crippen LogP contribution in [0.25, 0.3) is 0 Å². The van der Waals surface area contributed by atoms with E-state index in [1.807, 2.05) is 0 Å². The van der Waals surface area contributed by atoms with E-state index in [-0.39, 0.29) is 17.3 Å². The Balaban J connectivity index is 1.79. The Bertz CT molecular complexity index is 899. The average molecular weight is 377 g/mol. The molecule has 0 aliphatic carbocycles. The van der Waals surface area contributed by atoms with Gasteiger partial charge in [0.1, 0.15) is 5.76 Å². The van der Waals surface area contributed by atoms with Crippen LogP contribution in [0.1, 0.15) is 46.8 Å². The minimum absolute atomic E-state index is 0.148. The summed E-state index contributed by atoms with van der Waals surface area (Å²) in [6.45, 7) is 4.72. The van der Waals surface area contributed by atoms with Gasteiger partial charge in [0, 0.05) is 18.7 Å². The number of nitrogens with one attached hydrogen (secondary N) is 1. The molecule has 0 bridgehead atoms. The molecule has 0 atom stereocenters. The summed E-state index contributed by atoms with van der Waals surface area (Å²) in [6.07, 6.45) is 4.37. The number of aromatic nitrogens is 1. The summed E-state index contributed by atoms with van der Waals surface area (Å²) >= 11 is 0. The van der Waals surface area contributed by atoms with E-state index in [0.717, 1.165) is 19.3 Å². The Morgan fingerprint density at radius 3 is 2.62 bits per heavy atom. The third-order valence-corrected chi connectivity index (χ3v) is 6.49. The Morgan fingerprint density at radius 1 is 1.23 bits per heavy atom. The fraction of sp³-hybridized carbons (Fsp3) is 0.444. The van der Waals surface area contributed by atoms with Gasteiger partial charge in [-0.25, -0.2) is 13.4 Å². The number of hydrogen-bond donors (Lipinski definition) is 1. The van der Waals surface area contributed by atoms with Gasteiger partial charge in [0.25, 0.3) is 5.91 Å². The summed E-state index contributed by atoms with van der Waals surface area (Å²) in [6, 6.07) is 4.75. The molecule has 140 valence electrons. The molecule has 2 aromatic rings. The van der Waals surface area contributed by atoms with Gasteiger partial charge in [-0.1, -0.05) is 12.5 Å². The number of carbonyl (C=O) groups is 1. The van der Waals surface area contributed by atoms with Crippen molar-refractivity contribution in [3.8, 4) is 0 Å². The molecule has 1 amide bonds. The van der Waals surface area contributed by atoms with E-state index in [1.54, 1.807) is 32.2 Å². The van der Waals surface area contributed by atoms with Crippen molar-refractivity contribution in [2.45, 2.75) is 44.6 Å². The smallest absolute Gasteiger partial charge is 0.251 e. The first-order valence-electron chi connectivity index (χ1n) is 8.68. The van der Waals surface area contributed by atoms with E-state index in [9.17, 15) is 13.2 Å². The van der Waals surface area contributed by atoms with Gasteiger partial charge in [0.2, 0.25) is 15.9 Å². The minimum Gasteiger partial charge on any atom is -0.444 e. The number of rotatable bonds is 5. The fourth-order valence-electron chi connectivity index (χ4n) is 3.00. The van der Waals surface area contributed by atoms with Crippen LogP contribution in [-0.2, 0) is 16.6 Å². The Labute approximate surface area is 153 Å². The Morgan fingerprint density at radius 2 is 1.96 bits per heavy atom. The molecule has 1 aliphatic heterocycles. The van der Waals surface area contributed by atoms with E-state index < -0.39 is 10.0 Å². The molecule has 3 rings (SSSR count). The normalized spacial score (nSPS) is 15.8. The van der Waals surface area contributed by atoms with E-state index in [4.69, 9.17) is 4.42 Å². The van der Waals surface area contributed by atoms with Crippen LogP contribution >= 0.6 is 0 Å². The van der Waals surface area contributed by atoms with Crippen molar-refractivity contribution >= 4 is 15.9 Å². The lowest BCUT2D eigenvalue weighted by Gasteiger charge is -2.26. The van der Waals surface area contributed by atoms with Gasteiger partial charge in [-0.3, -0.25) is 4.79 Å². The molecule has 8 heteroatoms. The molecule has 1 aromatic carbocycles. The van der Waals surface area contributed by atoms with Crippen LogP contribution < -0.4 is 5.32 Å². The summed E-state index contributed by atoms with van der Waals surface area (Å²) in [5.74, 6) is 0.708. The number of benzene rings is 1. The number of aryl methyl sites for hydroxylation is 2. The van der Waals surface area contributed by atoms with E-state index in [1.165, 1.54) is 10.4 Å². The van der Waals surface area contributed by atoms with E-state index in [2.05, 4.69) is 10.3 Å². The number of piperidine rings is 1. The summed E-state index contributed by atoms with van der Waals surface area (Å²) in [7, 11) is -3.59. The highest BCUT2D eigenvalue weighted by molar-refractivity contribution is 7.89. The van der Waals surface area contributed by atoms with E-state index >= 15 is 0 Å². The van der Waals surface area contributed by atoms with Gasteiger partial charge in [-0.05, 0) is 44.4 Å². The van der Waals surface area contributed by atoms with Crippen LogP contribution in [-0.4, -0.2) is 36.7 Å². The molecule has 0 spiro atoms. The second-order valence-electron chi connectivity index (χ2n) is 6.49. The molecule has 0 radical (unpaired) electrons. The maximum atomic E-state index is 12.9. The summed E-state index contributed by atoms with van der Waals surface area (Å²) < 4.78 is 32.7. The average Bonchev–Trinajstić information content (AvgIpc) is 3.06. The SMILES string of the molecule is Cc1cnc(CNC(=O)c2ccc(C)c(S(=O)(=O)N3CCCCC3)c2)o1. The van der Waals surface area contributed by atoms with Crippen LogP contribution in [0.5, 0.6) is 0 Å². The summed E-state index contributed by atoms with van der Waals surface area (Å²) in [5.41, 5.74) is 0.935. The van der Waals surface area contributed by atoms with Crippen molar-refractivity contribution in [3.05, 3.63) is 47.2 Å². The second-order valence-corrected chi connectivity index (χ2v) is 8.40. The van der Waals surface area contributed by atoms with Gasteiger partial charge in [0.15, 0.2) is 0 Å². The lowest BCUT2D eigenvalue weighted by atomic mass is 10.1. The summed E-state index contributed by atoms with van der Waals surface area (Å²) in [4.78, 5) is 16.6. The van der Waals surface area contributed by atoms with Crippen molar-refractivity contribution in [3.63, 3.8) is 0 Å². The lowest BCUT2D eigenvalue weighted by molar-refractivity contribution is 0.0947. The van der Waals surface area contributed by atoms with Crippen LogP contribution in [0.2, 0.25) is 0 Å². The molecule has 1 aromatic heterocycles. The maximum Gasteiger partial charge on any atom is 0.251 e. The fourth-order valence-corrected chi connectivity index (χ4v) is 4.77. The molecule has 7 nitrogen and oxygen atoms in total. The minimum atomic E-state index is -3.59. The number of amides is 1. The Kier molecular flexibility index (Phi) is 5.43. The zero-order valence-corrected chi connectivity index (χ0v) is 15.8. The van der Waals surface area contributed by atoms with Crippen molar-refractivity contribution in [2.75, 3.05) is 13.1 Å². The van der Waals surface area contributed by atoms with Gasteiger partial charge in [-0.15, -0.1) is 0 Å². The van der Waals surface area contributed by atoms with Gasteiger partial charge >= 0.3 is 0 Å². The highest BCUT2D eigenvalue weighted by atomic mass is 32.2. The van der Waals surface area contributed by atoms with Crippen molar-refractivity contribution in [1.29, 1.82) is 0 Å². The van der Waals surface area contributed by atoms with Crippen molar-refractivity contribution in [2.24, 2.45) is 0 Å². The van der Waals surface area contributed by atoms with Gasteiger partial charge in [0.05, 0.1) is 17.6 Å². The quantitative estimate of drug-likeness (QED) is 0.864. The molecule has 1 fully saturated rings. The number of sulfonamides is 1. The third-order valence-electron chi connectivity index (χ3n) is 4.45. The number of carbonyl (C=O) groups excluding carboxylic acids is 1. The van der Waals surface area contributed by atoms with Gasteiger partial charge in [-0.2, -0.15) is 4.31 Å². The first-order chi connectivity index (χ1) is 12.4. The lowest BCUT2D eigenvalue weighted by Crippen LogP contribution is -2.36. The van der Waals surface area contributed by atoms with Gasteiger partial charge < -0.3 is 9.73 Å². The third kappa shape index (κ3) is 3.96. The highest BCUT2D eigenvalue weighted by Gasteiger charge is 2.28. The second kappa shape index (κ2) is 7.59. The first kappa shape index (κ1) is 18.6. The summed E-state index contributed by atoms with van der Waals surface area (Å²) in [5, 5.41) is 2.70. The predicted molar refractivity (Wildman–Crippen MR) is 96.2 cm³/mol. The number of oxazole rings is 1. The Hall–Kier alpha value is -2.19. The monoisotopic (exact) mass is 377 g/mol. The molecule has 1 aliphatic rings. The zero-order valence-electron chi connectivity index (χ0n) is 15.0. The topological polar surface area (TPSA) is 92.5 Å². The predicted octanol–water partition coefficient (Wildman–Crippen LogP) is 2.40. The molecule has 26 heavy (non-hydrogen) atoms. The van der Waals surface area contributed by atoms with Crippen LogP contribution in [0.4, 0.5) is 0 Å². The van der Waals surface area contributed by atoms with Crippen molar-refractivity contribution < 1.29 is 17.6 Å². The molecule has 1 N–H and O–H groups in total. The molecule has 0 unspecified atom stereocenters. The van der Waals surface area contributed by atoms with Crippen LogP contribution in [0.3, 0.4) is 0 Å². The van der Waals surface area contributed by atoms with Crippen LogP contribution in [0, 0.1) is 13.8 Å². The number of hydrogen-bond acceptors (Lipinski definition) is 5. The maximum absolute atomic E-state index is 12.9. The van der Waals surface area contributed by atoms with E-state index in [0.29, 0.717) is 35.9 Å². The number of nitrogens with zero attached hydrogens (tertiary/aromatic N) is 2. The van der Waals surface area contributed by atoms with Crippen molar-refractivity contribution in [1.82, 2.24) is 14.6 Å². The highest BCUT2D eigenvalue weighted by Crippen LogP contribution is 2.24. The first-order valence-corrected chi connectivity index (χ1v) is 10.1. The molecule has 1 saturated heterocycles.